The van der Waals surface area contributed by atoms with Gasteiger partial charge >= 0.3 is 5.97 Å². The van der Waals surface area contributed by atoms with Crippen LogP contribution in [0.5, 0.6) is 5.75 Å². The third-order valence-electron chi connectivity index (χ3n) is 8.00. The molecule has 218 valence electrons. The second-order valence-corrected chi connectivity index (χ2v) is 11.9. The zero-order valence-corrected chi connectivity index (χ0v) is 24.6. The highest BCUT2D eigenvalue weighted by Gasteiger charge is 2.64. The van der Waals surface area contributed by atoms with Crippen molar-refractivity contribution >= 4 is 52.6 Å². The molecule has 0 bridgehead atoms. The average molecular weight is 613 g/mol. The van der Waals surface area contributed by atoms with Gasteiger partial charge in [-0.1, -0.05) is 35.3 Å². The Morgan fingerprint density at radius 1 is 1.05 bits per heavy atom. The van der Waals surface area contributed by atoms with E-state index >= 15 is 0 Å². The van der Waals surface area contributed by atoms with Crippen molar-refractivity contribution in [3.05, 3.63) is 92.7 Å². The maximum atomic E-state index is 14.8. The van der Waals surface area contributed by atoms with Crippen LogP contribution in [0.3, 0.4) is 0 Å². The molecule has 3 amide bonds. The first-order valence-electron chi connectivity index (χ1n) is 13.1. The van der Waals surface area contributed by atoms with Crippen molar-refractivity contribution in [1.82, 2.24) is 5.32 Å². The number of piperidine rings is 1. The fraction of sp³-hybridized carbons (Fsp3) is 0.290. The van der Waals surface area contributed by atoms with Gasteiger partial charge in [-0.05, 0) is 79.9 Å². The number of fused-ring (bicyclic) bond motifs is 2. The Labute approximate surface area is 251 Å². The number of rotatable bonds is 5. The van der Waals surface area contributed by atoms with Crippen LogP contribution in [0, 0.1) is 12.7 Å². The van der Waals surface area contributed by atoms with Crippen molar-refractivity contribution in [3.63, 3.8) is 0 Å². The monoisotopic (exact) mass is 612 g/mol. The Hall–Kier alpha value is -3.95. The number of hydrogen-bond donors (Lipinski definition) is 2. The largest absolute Gasteiger partial charge is 0.478 e. The van der Waals surface area contributed by atoms with E-state index in [1.807, 2.05) is 0 Å². The quantitative estimate of drug-likeness (QED) is 0.373. The predicted octanol–water partition coefficient (Wildman–Crippen LogP) is 5.86. The number of carbonyl (C=O) groups is 4. The number of anilines is 1. The van der Waals surface area contributed by atoms with Crippen LogP contribution in [0.25, 0.3) is 0 Å². The van der Waals surface area contributed by atoms with Crippen LogP contribution < -0.4 is 15.0 Å². The van der Waals surface area contributed by atoms with E-state index in [0.29, 0.717) is 16.7 Å². The maximum Gasteiger partial charge on any atom is 0.347 e. The van der Waals surface area contributed by atoms with Crippen LogP contribution in [0.15, 0.2) is 54.6 Å². The van der Waals surface area contributed by atoms with Gasteiger partial charge in [0.15, 0.2) is 5.60 Å². The molecule has 0 aliphatic carbocycles. The number of aliphatic carboxylic acids is 1. The van der Waals surface area contributed by atoms with Crippen molar-refractivity contribution in [1.29, 1.82) is 0 Å². The lowest BCUT2D eigenvalue weighted by atomic mass is 9.58. The van der Waals surface area contributed by atoms with Crippen LogP contribution in [-0.2, 0) is 24.6 Å². The lowest BCUT2D eigenvalue weighted by molar-refractivity contribution is -0.152. The van der Waals surface area contributed by atoms with Gasteiger partial charge in [0.25, 0.3) is 0 Å². The van der Waals surface area contributed by atoms with Gasteiger partial charge < -0.3 is 15.2 Å². The molecule has 3 aromatic carbocycles. The number of imide groups is 1. The van der Waals surface area contributed by atoms with E-state index in [1.165, 1.54) is 57.2 Å². The van der Waals surface area contributed by atoms with E-state index in [4.69, 9.17) is 27.9 Å². The summed E-state index contributed by atoms with van der Waals surface area (Å²) in [5.74, 6) is -4.46. The minimum Gasteiger partial charge on any atom is -0.478 e. The fourth-order valence-electron chi connectivity index (χ4n) is 6.06. The molecule has 0 radical (unpaired) electrons. The minimum absolute atomic E-state index is 0.0881. The zero-order chi connectivity index (χ0) is 30.7. The van der Waals surface area contributed by atoms with E-state index in [0.717, 1.165) is 4.90 Å². The molecule has 1 spiro atoms. The minimum atomic E-state index is -1.71. The molecule has 11 heteroatoms. The first-order valence-corrected chi connectivity index (χ1v) is 13.9. The smallest absolute Gasteiger partial charge is 0.347 e. The highest BCUT2D eigenvalue weighted by atomic mass is 35.5. The number of nitrogens with one attached hydrogen (secondary N) is 1. The Kier molecular flexibility index (Phi) is 7.31. The second-order valence-electron chi connectivity index (χ2n) is 11.0. The number of benzene rings is 3. The van der Waals surface area contributed by atoms with Crippen molar-refractivity contribution in [2.75, 3.05) is 4.90 Å². The van der Waals surface area contributed by atoms with E-state index < -0.39 is 52.5 Å². The summed E-state index contributed by atoms with van der Waals surface area (Å²) >= 11 is 12.8. The third kappa shape index (κ3) is 4.61. The van der Waals surface area contributed by atoms with E-state index in [-0.39, 0.29) is 33.5 Å². The lowest BCUT2D eigenvalue weighted by Crippen LogP contribution is -2.58. The van der Waals surface area contributed by atoms with Crippen LogP contribution >= 0.6 is 23.2 Å². The van der Waals surface area contributed by atoms with E-state index in [1.54, 1.807) is 25.1 Å². The molecule has 5 rings (SSSR count). The molecule has 0 saturated carbocycles. The molecular weight excluding hydrogens is 586 g/mol. The normalized spacial score (nSPS) is 21.7. The van der Waals surface area contributed by atoms with Gasteiger partial charge in [-0.2, -0.15) is 0 Å². The summed E-state index contributed by atoms with van der Waals surface area (Å²) in [5.41, 5.74) is -1.57. The molecule has 3 aromatic rings. The summed E-state index contributed by atoms with van der Waals surface area (Å²) in [7, 11) is 0. The topological polar surface area (TPSA) is 113 Å². The summed E-state index contributed by atoms with van der Waals surface area (Å²) in [5, 5.41) is 13.2. The molecular formula is C31H27Cl2FN2O6. The van der Waals surface area contributed by atoms with Crippen LogP contribution in [-0.4, -0.2) is 34.4 Å². The lowest BCUT2D eigenvalue weighted by Gasteiger charge is -2.47. The molecule has 0 aromatic heterocycles. The molecule has 1 saturated heterocycles. The number of carboxylic acids is 1. The second kappa shape index (κ2) is 10.4. The Morgan fingerprint density at radius 3 is 2.38 bits per heavy atom. The first kappa shape index (κ1) is 29.5. The van der Waals surface area contributed by atoms with E-state index in [2.05, 4.69) is 5.32 Å². The standard InChI is InChI=1S/C31H27Cl2FN2O6/c1-15-5-8-19(34)13-20(15)27-31(22-9-6-18(33)12-24(22)36(16(2)37)28(31)39)23(14-26(38)35-27)21-11-17(32)7-10-25(21)42-30(3,4)29(40)41/h5-13,23,27H,14H2,1-4H3,(H,35,38)(H,40,41)/t23-,27?,31-/m1/s1. The highest BCUT2D eigenvalue weighted by Crippen LogP contribution is 2.60. The number of hydrogen-bond acceptors (Lipinski definition) is 5. The van der Waals surface area contributed by atoms with Crippen LogP contribution in [0.2, 0.25) is 10.0 Å². The predicted molar refractivity (Wildman–Crippen MR) is 154 cm³/mol. The Balaban J connectivity index is 1.89. The van der Waals surface area contributed by atoms with Gasteiger partial charge in [0, 0.05) is 34.9 Å². The molecule has 2 aliphatic heterocycles. The number of nitrogens with zero attached hydrogens (tertiary/aromatic N) is 1. The number of ether oxygens (including phenoxy) is 1. The summed E-state index contributed by atoms with van der Waals surface area (Å²) < 4.78 is 20.7. The SMILES string of the molecule is CC(=O)N1C(=O)[C@@]2(c3ccc(Cl)cc31)C(c1cc(F)ccc1C)NC(=O)C[C@@H]2c1cc(Cl)ccc1OC(C)(C)C(=O)O. The molecule has 2 heterocycles. The van der Waals surface area contributed by atoms with Crippen molar-refractivity contribution in [2.24, 2.45) is 0 Å². The van der Waals surface area contributed by atoms with Crippen LogP contribution in [0.1, 0.15) is 61.4 Å². The van der Waals surface area contributed by atoms with Crippen molar-refractivity contribution in [3.8, 4) is 5.75 Å². The van der Waals surface area contributed by atoms with Gasteiger partial charge in [-0.3, -0.25) is 14.4 Å². The Bertz CT molecular complexity index is 1680. The van der Waals surface area contributed by atoms with Crippen molar-refractivity contribution < 1.29 is 33.4 Å². The van der Waals surface area contributed by atoms with Gasteiger partial charge in [0.2, 0.25) is 17.7 Å². The van der Waals surface area contributed by atoms with Gasteiger partial charge in [0.05, 0.1) is 11.7 Å². The maximum absolute atomic E-state index is 14.8. The van der Waals surface area contributed by atoms with E-state index in [9.17, 15) is 28.7 Å². The molecule has 2 N–H and O–H groups in total. The molecule has 2 aliphatic rings. The summed E-state index contributed by atoms with van der Waals surface area (Å²) in [6.07, 6.45) is -0.255. The molecule has 8 nitrogen and oxygen atoms in total. The third-order valence-corrected chi connectivity index (χ3v) is 8.47. The van der Waals surface area contributed by atoms with Crippen LogP contribution in [0.4, 0.5) is 10.1 Å². The number of carboxylic acid groups (broad SMARTS) is 1. The summed E-state index contributed by atoms with van der Waals surface area (Å²) in [6.45, 7) is 5.70. The fourth-order valence-corrected chi connectivity index (χ4v) is 6.41. The average Bonchev–Trinajstić information content (AvgIpc) is 3.15. The number of amides is 3. The number of aryl methyl sites for hydroxylation is 1. The highest BCUT2D eigenvalue weighted by molar-refractivity contribution is 6.32. The summed E-state index contributed by atoms with van der Waals surface area (Å²) in [4.78, 5) is 54.3. The molecule has 1 unspecified atom stereocenters. The van der Waals surface area contributed by atoms with Gasteiger partial charge in [-0.15, -0.1) is 0 Å². The molecule has 1 fully saturated rings. The summed E-state index contributed by atoms with van der Waals surface area (Å²) in [6, 6.07) is 12.1. The van der Waals surface area contributed by atoms with Gasteiger partial charge in [0.1, 0.15) is 17.0 Å². The van der Waals surface area contributed by atoms with Gasteiger partial charge in [-0.25, -0.2) is 14.1 Å². The molecule has 42 heavy (non-hydrogen) atoms. The molecule has 3 atom stereocenters. The number of halogens is 3. The number of carbonyl (C=O) groups excluding carboxylic acids is 3. The Morgan fingerprint density at radius 2 is 1.71 bits per heavy atom. The first-order chi connectivity index (χ1) is 19.7. The van der Waals surface area contributed by atoms with Crippen molar-refractivity contribution in [2.45, 2.75) is 57.1 Å². The zero-order valence-electron chi connectivity index (χ0n) is 23.1.